The SMILES string of the molecule is NCC1(C(=O)N2CCC(C(F)(F)F)CC2)CC1. The van der Waals surface area contributed by atoms with Crippen molar-refractivity contribution in [3.63, 3.8) is 0 Å². The summed E-state index contributed by atoms with van der Waals surface area (Å²) in [7, 11) is 0. The number of halogens is 3. The quantitative estimate of drug-likeness (QED) is 0.807. The van der Waals surface area contributed by atoms with Gasteiger partial charge in [-0.15, -0.1) is 0 Å². The zero-order chi connectivity index (χ0) is 12.7. The Labute approximate surface area is 98.1 Å². The molecule has 6 heteroatoms. The molecule has 0 aromatic heterocycles. The molecule has 2 rings (SSSR count). The van der Waals surface area contributed by atoms with Gasteiger partial charge in [0.15, 0.2) is 0 Å². The van der Waals surface area contributed by atoms with Crippen LogP contribution in [-0.2, 0) is 4.79 Å². The molecule has 0 aromatic carbocycles. The number of hydrogen-bond donors (Lipinski definition) is 1. The third kappa shape index (κ3) is 2.41. The minimum Gasteiger partial charge on any atom is -0.342 e. The van der Waals surface area contributed by atoms with E-state index < -0.39 is 17.5 Å². The van der Waals surface area contributed by atoms with Crippen molar-refractivity contribution >= 4 is 5.91 Å². The fraction of sp³-hybridized carbons (Fsp3) is 0.909. The first-order chi connectivity index (χ1) is 7.89. The minimum atomic E-state index is -4.12. The predicted octanol–water partition coefficient (Wildman–Crippen LogP) is 1.53. The number of nitrogens with zero attached hydrogens (tertiary/aromatic N) is 1. The zero-order valence-corrected chi connectivity index (χ0v) is 9.59. The zero-order valence-electron chi connectivity index (χ0n) is 9.59. The highest BCUT2D eigenvalue weighted by Crippen LogP contribution is 2.47. The van der Waals surface area contributed by atoms with Gasteiger partial charge >= 0.3 is 6.18 Å². The fourth-order valence-corrected chi connectivity index (χ4v) is 2.40. The Balaban J connectivity index is 1.89. The molecule has 2 aliphatic rings. The number of carbonyl (C=O) groups excluding carboxylic acids is 1. The van der Waals surface area contributed by atoms with E-state index in [-0.39, 0.29) is 31.8 Å². The highest BCUT2D eigenvalue weighted by atomic mass is 19.4. The van der Waals surface area contributed by atoms with Crippen LogP contribution in [0.4, 0.5) is 13.2 Å². The van der Waals surface area contributed by atoms with Gasteiger partial charge in [0.1, 0.15) is 0 Å². The van der Waals surface area contributed by atoms with Crippen molar-refractivity contribution in [3.05, 3.63) is 0 Å². The molecule has 2 fully saturated rings. The number of hydrogen-bond acceptors (Lipinski definition) is 2. The van der Waals surface area contributed by atoms with Gasteiger partial charge in [0.2, 0.25) is 5.91 Å². The van der Waals surface area contributed by atoms with Crippen LogP contribution < -0.4 is 5.73 Å². The maximum atomic E-state index is 12.5. The van der Waals surface area contributed by atoms with E-state index in [0.29, 0.717) is 6.54 Å². The molecule has 17 heavy (non-hydrogen) atoms. The van der Waals surface area contributed by atoms with E-state index in [1.54, 1.807) is 4.90 Å². The molecular formula is C11H17F3N2O. The molecule has 1 aliphatic heterocycles. The molecule has 2 N–H and O–H groups in total. The van der Waals surface area contributed by atoms with Gasteiger partial charge in [-0.3, -0.25) is 4.79 Å². The van der Waals surface area contributed by atoms with E-state index in [1.165, 1.54) is 0 Å². The Morgan fingerprint density at radius 3 is 2.18 bits per heavy atom. The Kier molecular flexibility index (Phi) is 3.10. The van der Waals surface area contributed by atoms with Crippen molar-refractivity contribution in [2.75, 3.05) is 19.6 Å². The summed E-state index contributed by atoms with van der Waals surface area (Å²) in [5.74, 6) is -1.29. The molecule has 0 spiro atoms. The fourth-order valence-electron chi connectivity index (χ4n) is 2.40. The van der Waals surface area contributed by atoms with E-state index in [2.05, 4.69) is 0 Å². The standard InChI is InChI=1S/C11H17F3N2O/c12-11(13,14)8-1-5-16(6-2-8)9(17)10(7-15)3-4-10/h8H,1-7,15H2. The van der Waals surface area contributed by atoms with Crippen molar-refractivity contribution < 1.29 is 18.0 Å². The molecule has 1 saturated carbocycles. The number of alkyl halides is 3. The van der Waals surface area contributed by atoms with Crippen molar-refractivity contribution in [3.8, 4) is 0 Å². The Bertz CT molecular complexity index is 304. The molecule has 98 valence electrons. The summed E-state index contributed by atoms with van der Waals surface area (Å²) in [4.78, 5) is 13.6. The predicted molar refractivity (Wildman–Crippen MR) is 56.1 cm³/mol. The van der Waals surface area contributed by atoms with Crippen molar-refractivity contribution in [2.45, 2.75) is 31.9 Å². The van der Waals surface area contributed by atoms with Crippen LogP contribution in [0.5, 0.6) is 0 Å². The summed E-state index contributed by atoms with van der Waals surface area (Å²) >= 11 is 0. The first kappa shape index (κ1) is 12.7. The van der Waals surface area contributed by atoms with E-state index in [4.69, 9.17) is 5.73 Å². The number of piperidine rings is 1. The second-order valence-electron chi connectivity index (χ2n) is 5.09. The maximum Gasteiger partial charge on any atom is 0.391 e. The molecule has 0 radical (unpaired) electrons. The van der Waals surface area contributed by atoms with Crippen LogP contribution in [0.2, 0.25) is 0 Å². The van der Waals surface area contributed by atoms with E-state index in [9.17, 15) is 18.0 Å². The van der Waals surface area contributed by atoms with Crippen molar-refractivity contribution in [1.82, 2.24) is 4.90 Å². The molecule has 0 atom stereocenters. The lowest BCUT2D eigenvalue weighted by atomic mass is 9.94. The van der Waals surface area contributed by atoms with Crippen LogP contribution in [-0.4, -0.2) is 36.6 Å². The lowest BCUT2D eigenvalue weighted by Crippen LogP contribution is -2.46. The highest BCUT2D eigenvalue weighted by molar-refractivity contribution is 5.85. The van der Waals surface area contributed by atoms with Gasteiger partial charge in [-0.2, -0.15) is 13.2 Å². The molecule has 0 aromatic rings. The Hall–Kier alpha value is -0.780. The van der Waals surface area contributed by atoms with E-state index in [0.717, 1.165) is 12.8 Å². The topological polar surface area (TPSA) is 46.3 Å². The number of rotatable bonds is 2. The van der Waals surface area contributed by atoms with E-state index >= 15 is 0 Å². The lowest BCUT2D eigenvalue weighted by Gasteiger charge is -2.34. The average Bonchev–Trinajstić information content (AvgIpc) is 3.08. The molecule has 3 nitrogen and oxygen atoms in total. The van der Waals surface area contributed by atoms with Crippen LogP contribution >= 0.6 is 0 Å². The third-order valence-corrected chi connectivity index (χ3v) is 3.94. The van der Waals surface area contributed by atoms with Gasteiger partial charge in [0.25, 0.3) is 0 Å². The van der Waals surface area contributed by atoms with Gasteiger partial charge in [-0.25, -0.2) is 0 Å². The monoisotopic (exact) mass is 250 g/mol. The average molecular weight is 250 g/mol. The lowest BCUT2D eigenvalue weighted by molar-refractivity contribution is -0.187. The summed E-state index contributed by atoms with van der Waals surface area (Å²) in [5.41, 5.74) is 5.11. The molecule has 1 aliphatic carbocycles. The second kappa shape index (κ2) is 4.15. The van der Waals surface area contributed by atoms with Crippen LogP contribution in [0.15, 0.2) is 0 Å². The van der Waals surface area contributed by atoms with Crippen molar-refractivity contribution in [1.29, 1.82) is 0 Å². The number of carbonyl (C=O) groups is 1. The number of nitrogens with two attached hydrogens (primary N) is 1. The summed E-state index contributed by atoms with van der Waals surface area (Å²) in [5, 5.41) is 0. The smallest absolute Gasteiger partial charge is 0.342 e. The van der Waals surface area contributed by atoms with Gasteiger partial charge in [0, 0.05) is 19.6 Å². The normalized spacial score (nSPS) is 24.8. The first-order valence-corrected chi connectivity index (χ1v) is 5.95. The summed E-state index contributed by atoms with van der Waals surface area (Å²) < 4.78 is 37.4. The van der Waals surface area contributed by atoms with Crippen LogP contribution in [0.25, 0.3) is 0 Å². The minimum absolute atomic E-state index is 0.0237. The first-order valence-electron chi connectivity index (χ1n) is 5.95. The molecular weight excluding hydrogens is 233 g/mol. The van der Waals surface area contributed by atoms with Gasteiger partial charge < -0.3 is 10.6 Å². The number of amides is 1. The molecule has 0 bridgehead atoms. The molecule has 0 unspecified atom stereocenters. The maximum absolute atomic E-state index is 12.5. The van der Waals surface area contributed by atoms with Gasteiger partial charge in [-0.1, -0.05) is 0 Å². The summed E-state index contributed by atoms with van der Waals surface area (Å²) in [6, 6.07) is 0. The van der Waals surface area contributed by atoms with Crippen LogP contribution in [0, 0.1) is 11.3 Å². The Morgan fingerprint density at radius 1 is 1.29 bits per heavy atom. The molecule has 1 saturated heterocycles. The third-order valence-electron chi connectivity index (χ3n) is 3.94. The highest BCUT2D eigenvalue weighted by Gasteiger charge is 2.51. The van der Waals surface area contributed by atoms with Gasteiger partial charge in [-0.05, 0) is 25.7 Å². The van der Waals surface area contributed by atoms with Crippen molar-refractivity contribution in [2.24, 2.45) is 17.1 Å². The Morgan fingerprint density at radius 2 is 1.82 bits per heavy atom. The second-order valence-corrected chi connectivity index (χ2v) is 5.09. The molecule has 1 heterocycles. The largest absolute Gasteiger partial charge is 0.391 e. The summed E-state index contributed by atoms with van der Waals surface area (Å²) in [6.45, 7) is 0.737. The van der Waals surface area contributed by atoms with Gasteiger partial charge in [0.05, 0.1) is 11.3 Å². The molecule has 1 amide bonds. The summed E-state index contributed by atoms with van der Waals surface area (Å²) in [6.07, 6.45) is -2.52. The van der Waals surface area contributed by atoms with Crippen LogP contribution in [0.1, 0.15) is 25.7 Å². The number of likely N-dealkylation sites (tertiary alicyclic amines) is 1. The van der Waals surface area contributed by atoms with E-state index in [1.807, 2.05) is 0 Å². The van der Waals surface area contributed by atoms with Crippen LogP contribution in [0.3, 0.4) is 0 Å².